The zero-order valence-electron chi connectivity index (χ0n) is 7.86. The Morgan fingerprint density at radius 2 is 2.38 bits per heavy atom. The summed E-state index contributed by atoms with van der Waals surface area (Å²) in [4.78, 5) is 6.98. The van der Waals surface area contributed by atoms with Crippen LogP contribution in [-0.4, -0.2) is 22.7 Å². The molecule has 0 saturated heterocycles. The molecule has 70 valence electrons. The number of hydrogen-bond acceptors (Lipinski definition) is 3. The molecule has 1 aliphatic carbocycles. The first-order valence-corrected chi connectivity index (χ1v) is 5.94. The van der Waals surface area contributed by atoms with Crippen molar-refractivity contribution in [2.45, 2.75) is 32.2 Å². The fourth-order valence-electron chi connectivity index (χ4n) is 2.18. The molecule has 2 nitrogen and oxygen atoms in total. The molecule has 0 aromatic rings. The number of allylic oxidation sites excluding steroid dienone is 1. The zero-order chi connectivity index (χ0) is 8.84. The predicted octanol–water partition coefficient (Wildman–Crippen LogP) is 2.43. The van der Waals surface area contributed by atoms with Crippen molar-refractivity contribution in [2.24, 2.45) is 10.9 Å². The van der Waals surface area contributed by atoms with Gasteiger partial charge >= 0.3 is 0 Å². The van der Waals surface area contributed by atoms with Crippen LogP contribution in [0, 0.1) is 5.92 Å². The molecule has 0 radical (unpaired) electrons. The summed E-state index contributed by atoms with van der Waals surface area (Å²) in [6.07, 6.45) is 4.20. The molecule has 0 bridgehead atoms. The maximum Gasteiger partial charge on any atom is 0.168 e. The van der Waals surface area contributed by atoms with Gasteiger partial charge in [0.15, 0.2) is 5.17 Å². The highest BCUT2D eigenvalue weighted by molar-refractivity contribution is 8.16. The van der Waals surface area contributed by atoms with E-state index in [2.05, 4.69) is 22.2 Å². The van der Waals surface area contributed by atoms with Gasteiger partial charge in [0, 0.05) is 5.70 Å². The van der Waals surface area contributed by atoms with E-state index < -0.39 is 0 Å². The molecule has 3 rings (SSSR count). The van der Waals surface area contributed by atoms with Crippen LogP contribution in [0.2, 0.25) is 0 Å². The summed E-state index contributed by atoms with van der Waals surface area (Å²) in [6, 6.07) is 0.608. The molecule has 0 N–H and O–H groups in total. The van der Waals surface area contributed by atoms with Crippen molar-refractivity contribution in [1.29, 1.82) is 0 Å². The number of amidine groups is 1. The Bertz CT molecular complexity index is 291. The molecule has 0 aromatic heterocycles. The molecule has 1 atom stereocenters. The summed E-state index contributed by atoms with van der Waals surface area (Å²) in [7, 11) is 0. The molecule has 3 heteroatoms. The second kappa shape index (κ2) is 2.77. The normalized spacial score (nSPS) is 32.7. The van der Waals surface area contributed by atoms with Crippen LogP contribution in [0.1, 0.15) is 26.2 Å². The maximum absolute atomic E-state index is 4.52. The molecule has 0 spiro atoms. The van der Waals surface area contributed by atoms with E-state index in [1.54, 1.807) is 5.70 Å². The SMILES string of the molecule is CC1CN=C2SC=C(C3CCC3)N21. The van der Waals surface area contributed by atoms with Crippen LogP contribution in [0.15, 0.2) is 16.1 Å². The molecular formula is C10H14N2S. The fraction of sp³-hybridized carbons (Fsp3) is 0.700. The lowest BCUT2D eigenvalue weighted by molar-refractivity contribution is 0.292. The Labute approximate surface area is 83.1 Å². The summed E-state index contributed by atoms with van der Waals surface area (Å²) >= 11 is 1.82. The summed E-state index contributed by atoms with van der Waals surface area (Å²) < 4.78 is 0. The van der Waals surface area contributed by atoms with Crippen molar-refractivity contribution >= 4 is 16.9 Å². The van der Waals surface area contributed by atoms with Crippen LogP contribution in [0.5, 0.6) is 0 Å². The van der Waals surface area contributed by atoms with Crippen molar-refractivity contribution < 1.29 is 0 Å². The lowest BCUT2D eigenvalue weighted by Crippen LogP contribution is -2.34. The van der Waals surface area contributed by atoms with Gasteiger partial charge in [-0.3, -0.25) is 4.99 Å². The van der Waals surface area contributed by atoms with Gasteiger partial charge in [-0.15, -0.1) is 0 Å². The molecule has 13 heavy (non-hydrogen) atoms. The van der Waals surface area contributed by atoms with Gasteiger partial charge in [0.05, 0.1) is 12.6 Å². The van der Waals surface area contributed by atoms with E-state index in [1.165, 1.54) is 24.4 Å². The van der Waals surface area contributed by atoms with Crippen molar-refractivity contribution in [3.8, 4) is 0 Å². The van der Waals surface area contributed by atoms with E-state index in [4.69, 9.17) is 0 Å². The lowest BCUT2D eigenvalue weighted by atomic mass is 9.82. The van der Waals surface area contributed by atoms with Gasteiger partial charge in [-0.05, 0) is 31.1 Å². The Hall–Kier alpha value is -0.440. The third-order valence-corrected chi connectivity index (χ3v) is 4.12. The fourth-order valence-corrected chi connectivity index (χ4v) is 3.26. The van der Waals surface area contributed by atoms with Gasteiger partial charge in [0.25, 0.3) is 0 Å². The predicted molar refractivity (Wildman–Crippen MR) is 56.6 cm³/mol. The van der Waals surface area contributed by atoms with E-state index in [0.717, 1.165) is 12.5 Å². The summed E-state index contributed by atoms with van der Waals surface area (Å²) in [5.74, 6) is 0.848. The first-order chi connectivity index (χ1) is 6.36. The molecule has 1 fully saturated rings. The zero-order valence-corrected chi connectivity index (χ0v) is 8.68. The topological polar surface area (TPSA) is 15.6 Å². The minimum atomic E-state index is 0.608. The molecular weight excluding hydrogens is 180 g/mol. The van der Waals surface area contributed by atoms with Crippen LogP contribution in [-0.2, 0) is 0 Å². The monoisotopic (exact) mass is 194 g/mol. The lowest BCUT2D eigenvalue weighted by Gasteiger charge is -2.33. The van der Waals surface area contributed by atoms with Gasteiger partial charge in [-0.2, -0.15) is 0 Å². The molecule has 0 aromatic carbocycles. The standard InChI is InChI=1S/C10H14N2S/c1-7-5-11-10-12(7)9(6-13-10)8-3-2-4-8/h6-8H,2-5H2,1H3. The van der Waals surface area contributed by atoms with Crippen molar-refractivity contribution in [1.82, 2.24) is 4.90 Å². The average Bonchev–Trinajstić information content (AvgIpc) is 2.54. The number of nitrogens with zero attached hydrogens (tertiary/aromatic N) is 2. The Balaban J connectivity index is 1.85. The smallest absolute Gasteiger partial charge is 0.168 e. The van der Waals surface area contributed by atoms with Crippen LogP contribution in [0.25, 0.3) is 0 Å². The summed E-state index contributed by atoms with van der Waals surface area (Å²) in [6.45, 7) is 3.27. The van der Waals surface area contributed by atoms with E-state index in [0.29, 0.717) is 6.04 Å². The average molecular weight is 194 g/mol. The van der Waals surface area contributed by atoms with E-state index >= 15 is 0 Å². The van der Waals surface area contributed by atoms with Crippen molar-refractivity contribution in [2.75, 3.05) is 6.54 Å². The largest absolute Gasteiger partial charge is 0.319 e. The second-order valence-electron chi connectivity index (χ2n) is 4.13. The highest BCUT2D eigenvalue weighted by Crippen LogP contribution is 2.43. The second-order valence-corrected chi connectivity index (χ2v) is 4.97. The molecule has 2 heterocycles. The van der Waals surface area contributed by atoms with Crippen molar-refractivity contribution in [3.05, 3.63) is 11.1 Å². The van der Waals surface area contributed by atoms with Gasteiger partial charge in [-0.25, -0.2) is 0 Å². The third-order valence-electron chi connectivity index (χ3n) is 3.22. The first kappa shape index (κ1) is 7.92. The number of rotatable bonds is 1. The first-order valence-electron chi connectivity index (χ1n) is 5.06. The summed E-state index contributed by atoms with van der Waals surface area (Å²) in [5.41, 5.74) is 1.56. The minimum Gasteiger partial charge on any atom is -0.319 e. The number of fused-ring (bicyclic) bond motifs is 1. The Morgan fingerprint density at radius 3 is 3.08 bits per heavy atom. The van der Waals surface area contributed by atoms with Gasteiger partial charge < -0.3 is 4.90 Å². The Morgan fingerprint density at radius 1 is 1.54 bits per heavy atom. The van der Waals surface area contributed by atoms with Gasteiger partial charge in [-0.1, -0.05) is 18.2 Å². The quantitative estimate of drug-likeness (QED) is 0.637. The van der Waals surface area contributed by atoms with Crippen LogP contribution >= 0.6 is 11.8 Å². The van der Waals surface area contributed by atoms with Crippen molar-refractivity contribution in [3.63, 3.8) is 0 Å². The number of hydrogen-bond donors (Lipinski definition) is 0. The molecule has 0 amide bonds. The van der Waals surface area contributed by atoms with E-state index in [1.807, 2.05) is 11.8 Å². The highest BCUT2D eigenvalue weighted by atomic mass is 32.2. The van der Waals surface area contributed by atoms with Gasteiger partial charge in [0.2, 0.25) is 0 Å². The third kappa shape index (κ3) is 1.06. The van der Waals surface area contributed by atoms with Gasteiger partial charge in [0.1, 0.15) is 0 Å². The molecule has 2 aliphatic heterocycles. The minimum absolute atomic E-state index is 0.608. The van der Waals surface area contributed by atoms with E-state index in [9.17, 15) is 0 Å². The van der Waals surface area contributed by atoms with Crippen LogP contribution in [0.3, 0.4) is 0 Å². The molecule has 3 aliphatic rings. The Kier molecular flexibility index (Phi) is 1.69. The number of aliphatic imine (C=N–C) groups is 1. The maximum atomic E-state index is 4.52. The number of thioether (sulfide) groups is 1. The molecule has 1 unspecified atom stereocenters. The van der Waals surface area contributed by atoms with Crippen LogP contribution < -0.4 is 0 Å². The summed E-state index contributed by atoms with van der Waals surface area (Å²) in [5, 5.41) is 3.56. The highest BCUT2D eigenvalue weighted by Gasteiger charge is 2.37. The molecule has 1 saturated carbocycles. The van der Waals surface area contributed by atoms with Crippen LogP contribution in [0.4, 0.5) is 0 Å². The van der Waals surface area contributed by atoms with E-state index in [-0.39, 0.29) is 0 Å².